The molecule has 12 heteroatoms. The summed E-state index contributed by atoms with van der Waals surface area (Å²) in [5, 5.41) is 2.98. The maximum absolute atomic E-state index is 12.3. The first-order valence-corrected chi connectivity index (χ1v) is 13.6. The van der Waals surface area contributed by atoms with E-state index in [1.165, 1.54) is 16.8 Å². The van der Waals surface area contributed by atoms with Crippen LogP contribution in [0, 0.1) is 0 Å². The van der Waals surface area contributed by atoms with Gasteiger partial charge in [-0.25, -0.2) is 9.88 Å². The standard InChI is InChI=1S/C22H32N3O7PS/c1-6-18(31-17(5)25-13-12-20(26)23-22(25)28)14-29-33(34,32-19-10-8-7-9-11-19)24-16(4)21(27)30-15(2)3/h7-13,15-18H,6,14H2,1-5H3,(H,24,34)(H,23,26,28). The molecule has 0 aliphatic carbocycles. The van der Waals surface area contributed by atoms with Gasteiger partial charge in [-0.3, -0.25) is 19.1 Å². The number of rotatable bonds is 13. The Morgan fingerprint density at radius 2 is 1.82 bits per heavy atom. The fourth-order valence-electron chi connectivity index (χ4n) is 2.83. The largest absolute Gasteiger partial charge is 0.462 e. The number of H-pyrrole nitrogens is 1. The number of ether oxygens (including phenoxy) is 2. The van der Waals surface area contributed by atoms with Gasteiger partial charge in [0.1, 0.15) is 18.0 Å². The lowest BCUT2D eigenvalue weighted by Crippen LogP contribution is -2.37. The van der Waals surface area contributed by atoms with Gasteiger partial charge >= 0.3 is 18.3 Å². The van der Waals surface area contributed by atoms with E-state index in [4.69, 9.17) is 30.3 Å². The highest BCUT2D eigenvalue weighted by Gasteiger charge is 2.29. The van der Waals surface area contributed by atoms with Gasteiger partial charge in [0.15, 0.2) is 0 Å². The van der Waals surface area contributed by atoms with Crippen molar-refractivity contribution in [2.24, 2.45) is 0 Å². The minimum Gasteiger partial charge on any atom is -0.462 e. The van der Waals surface area contributed by atoms with E-state index in [0.717, 1.165) is 0 Å². The second-order valence-corrected chi connectivity index (χ2v) is 11.0. The molecule has 2 aromatic rings. The third kappa shape index (κ3) is 8.81. The molecule has 0 fully saturated rings. The zero-order chi connectivity index (χ0) is 25.3. The van der Waals surface area contributed by atoms with Gasteiger partial charge in [0.05, 0.1) is 18.8 Å². The highest BCUT2D eigenvalue weighted by Crippen LogP contribution is 2.45. The van der Waals surface area contributed by atoms with Crippen LogP contribution in [0.3, 0.4) is 0 Å². The predicted octanol–water partition coefficient (Wildman–Crippen LogP) is 3.10. The number of benzene rings is 1. The number of hydrogen-bond acceptors (Lipinski definition) is 8. The minimum atomic E-state index is -3.21. The summed E-state index contributed by atoms with van der Waals surface area (Å²) in [5.74, 6) is 0.0173. The minimum absolute atomic E-state index is 0.0437. The van der Waals surface area contributed by atoms with Crippen LogP contribution in [-0.4, -0.2) is 40.4 Å². The number of esters is 1. The average molecular weight is 514 g/mol. The summed E-state index contributed by atoms with van der Waals surface area (Å²) in [4.78, 5) is 37.9. The van der Waals surface area contributed by atoms with Crippen LogP contribution in [0.1, 0.15) is 47.3 Å². The van der Waals surface area contributed by atoms with Crippen LogP contribution >= 0.6 is 6.64 Å². The molecule has 4 atom stereocenters. The van der Waals surface area contributed by atoms with Gasteiger partial charge in [0, 0.05) is 12.3 Å². The van der Waals surface area contributed by atoms with Crippen LogP contribution in [0.4, 0.5) is 0 Å². The molecule has 0 aliphatic heterocycles. The molecule has 4 unspecified atom stereocenters. The molecule has 0 radical (unpaired) electrons. The Morgan fingerprint density at radius 3 is 2.41 bits per heavy atom. The van der Waals surface area contributed by atoms with E-state index in [-0.39, 0.29) is 12.7 Å². The third-order valence-electron chi connectivity index (χ3n) is 4.54. The van der Waals surface area contributed by atoms with Gasteiger partial charge in [-0.05, 0) is 58.1 Å². The first kappa shape index (κ1) is 27.9. The van der Waals surface area contributed by atoms with E-state index in [0.29, 0.717) is 12.2 Å². The molecule has 2 N–H and O–H groups in total. The first-order valence-electron chi connectivity index (χ1n) is 11.0. The van der Waals surface area contributed by atoms with Crippen molar-refractivity contribution < 1.29 is 23.3 Å². The van der Waals surface area contributed by atoms with Crippen molar-refractivity contribution >= 4 is 24.4 Å². The molecule has 0 bridgehead atoms. The average Bonchev–Trinajstić information content (AvgIpc) is 2.76. The molecule has 34 heavy (non-hydrogen) atoms. The number of nitrogens with one attached hydrogen (secondary N) is 2. The Bertz CT molecular complexity index is 1090. The zero-order valence-electron chi connectivity index (χ0n) is 19.9. The Labute approximate surface area is 203 Å². The van der Waals surface area contributed by atoms with Crippen molar-refractivity contribution in [3.05, 3.63) is 63.4 Å². The molecule has 2 rings (SSSR count). The molecule has 0 saturated heterocycles. The SMILES string of the molecule is CCC(COP(=S)(NC(C)C(=O)OC(C)C)Oc1ccccc1)OC(C)n1ccc(=O)[nH]c1=O. The topological polar surface area (TPSA) is 121 Å². The normalized spacial score (nSPS) is 15.8. The molecule has 1 aromatic heterocycles. The lowest BCUT2D eigenvalue weighted by Gasteiger charge is -2.29. The van der Waals surface area contributed by atoms with Crippen molar-refractivity contribution in [3.63, 3.8) is 0 Å². The lowest BCUT2D eigenvalue weighted by molar-refractivity contribution is -0.149. The molecule has 0 amide bonds. The van der Waals surface area contributed by atoms with Crippen molar-refractivity contribution in [3.8, 4) is 5.75 Å². The summed E-state index contributed by atoms with van der Waals surface area (Å²) in [6, 6.07) is 9.39. The van der Waals surface area contributed by atoms with E-state index < -0.39 is 42.2 Å². The highest BCUT2D eigenvalue weighted by molar-refractivity contribution is 8.09. The zero-order valence-corrected chi connectivity index (χ0v) is 21.6. The Kier molecular flexibility index (Phi) is 10.7. The fourth-order valence-corrected chi connectivity index (χ4v) is 5.26. The number of aromatic nitrogens is 2. The fraction of sp³-hybridized carbons (Fsp3) is 0.500. The van der Waals surface area contributed by atoms with E-state index in [1.807, 2.05) is 13.0 Å². The Hall–Kier alpha value is -2.30. The number of carbonyl (C=O) groups excluding carboxylic acids is 1. The molecular weight excluding hydrogens is 481 g/mol. The monoisotopic (exact) mass is 513 g/mol. The molecule has 0 aliphatic rings. The van der Waals surface area contributed by atoms with Crippen molar-refractivity contribution in [1.29, 1.82) is 0 Å². The van der Waals surface area contributed by atoms with Gasteiger partial charge in [0.2, 0.25) is 0 Å². The van der Waals surface area contributed by atoms with Crippen LogP contribution in [0.25, 0.3) is 0 Å². The quantitative estimate of drug-likeness (QED) is 0.307. The second-order valence-electron chi connectivity index (χ2n) is 7.82. The number of para-hydroxylation sites is 1. The maximum atomic E-state index is 12.3. The van der Waals surface area contributed by atoms with E-state index in [2.05, 4.69) is 10.1 Å². The van der Waals surface area contributed by atoms with Crippen LogP contribution in [0.5, 0.6) is 5.75 Å². The highest BCUT2D eigenvalue weighted by atomic mass is 32.5. The molecule has 10 nitrogen and oxygen atoms in total. The van der Waals surface area contributed by atoms with Gasteiger partial charge in [-0.2, -0.15) is 0 Å². The number of hydrogen-bond donors (Lipinski definition) is 2. The maximum Gasteiger partial charge on any atom is 0.330 e. The van der Waals surface area contributed by atoms with Crippen molar-refractivity contribution in [2.45, 2.75) is 65.5 Å². The summed E-state index contributed by atoms with van der Waals surface area (Å²) < 4.78 is 24.5. The smallest absolute Gasteiger partial charge is 0.330 e. The lowest BCUT2D eigenvalue weighted by atomic mass is 10.3. The van der Waals surface area contributed by atoms with E-state index in [1.54, 1.807) is 52.0 Å². The van der Waals surface area contributed by atoms with Crippen LogP contribution in [-0.2, 0) is 30.6 Å². The molecule has 188 valence electrons. The predicted molar refractivity (Wildman–Crippen MR) is 132 cm³/mol. The summed E-state index contributed by atoms with van der Waals surface area (Å²) in [7, 11) is 0. The molecule has 0 saturated carbocycles. The summed E-state index contributed by atoms with van der Waals surface area (Å²) >= 11 is 5.70. The molecule has 0 spiro atoms. The summed E-state index contributed by atoms with van der Waals surface area (Å²) in [6.45, 7) is 5.56. The van der Waals surface area contributed by atoms with Crippen LogP contribution in [0.15, 0.2) is 52.2 Å². The number of aromatic amines is 1. The summed E-state index contributed by atoms with van der Waals surface area (Å²) in [6.07, 6.45) is 0.523. The van der Waals surface area contributed by atoms with E-state index in [9.17, 15) is 14.4 Å². The Morgan fingerprint density at radius 1 is 1.15 bits per heavy atom. The molecule has 1 aromatic carbocycles. The number of carbonyl (C=O) groups is 1. The molecule has 1 heterocycles. The Balaban J connectivity index is 2.13. The number of nitrogens with zero attached hydrogens (tertiary/aromatic N) is 1. The van der Waals surface area contributed by atoms with E-state index >= 15 is 0 Å². The first-order chi connectivity index (χ1) is 16.0. The van der Waals surface area contributed by atoms with Gasteiger partial charge in [0.25, 0.3) is 5.56 Å². The van der Waals surface area contributed by atoms with Crippen LogP contribution in [0.2, 0.25) is 0 Å². The van der Waals surface area contributed by atoms with Crippen LogP contribution < -0.4 is 20.9 Å². The van der Waals surface area contributed by atoms with Crippen molar-refractivity contribution in [1.82, 2.24) is 14.6 Å². The third-order valence-corrected chi connectivity index (χ3v) is 7.04. The van der Waals surface area contributed by atoms with Gasteiger partial charge in [-0.1, -0.05) is 25.1 Å². The van der Waals surface area contributed by atoms with Gasteiger partial charge < -0.3 is 18.5 Å². The van der Waals surface area contributed by atoms with Crippen molar-refractivity contribution in [2.75, 3.05) is 6.61 Å². The summed E-state index contributed by atoms with van der Waals surface area (Å²) in [5.41, 5.74) is -1.06. The van der Waals surface area contributed by atoms with Gasteiger partial charge in [-0.15, -0.1) is 0 Å². The molecular formula is C22H32N3O7PS. The second kappa shape index (κ2) is 13.0.